The molecular weight excluding hydrogens is 395 g/mol. The Morgan fingerprint density at radius 1 is 1.07 bits per heavy atom. The molecule has 28 heavy (non-hydrogen) atoms. The smallest absolute Gasteiger partial charge is 0.406 e. The van der Waals surface area contributed by atoms with Gasteiger partial charge in [0.25, 0.3) is 0 Å². The molecule has 2 unspecified atom stereocenters. The van der Waals surface area contributed by atoms with Gasteiger partial charge in [0.2, 0.25) is 10.0 Å². The number of hydrogen-bond donors (Lipinski definition) is 0. The number of benzene rings is 1. The zero-order chi connectivity index (χ0) is 20.1. The summed E-state index contributed by atoms with van der Waals surface area (Å²) in [6.45, 7) is 1.96. The molecule has 10 heteroatoms. The van der Waals surface area contributed by atoms with Gasteiger partial charge < -0.3 is 4.74 Å². The molecule has 1 aromatic carbocycles. The quantitative estimate of drug-likeness (QED) is 0.765. The highest BCUT2D eigenvalue weighted by Crippen LogP contribution is 2.43. The molecule has 0 spiro atoms. The second-order valence-electron chi connectivity index (χ2n) is 7.36. The molecule has 2 aliphatic rings. The van der Waals surface area contributed by atoms with Gasteiger partial charge in [-0.3, -0.25) is 4.68 Å². The summed E-state index contributed by atoms with van der Waals surface area (Å²) in [5.41, 5.74) is 1.06. The first-order valence-electron chi connectivity index (χ1n) is 9.03. The van der Waals surface area contributed by atoms with Gasteiger partial charge in [0, 0.05) is 18.3 Å². The van der Waals surface area contributed by atoms with E-state index in [2.05, 4.69) is 9.84 Å². The first-order chi connectivity index (χ1) is 13.1. The van der Waals surface area contributed by atoms with E-state index in [1.54, 1.807) is 10.5 Å². The molecule has 0 amide bonds. The standard InChI is InChI=1S/C18H20F3N3O3S/c1-12-10-22-23(11-12)15-8-13-2-3-14(9-15)24(13)28(25,26)17-6-4-16(5-7-17)27-18(19,20)21/h4-7,10-11,13-15H,2-3,8-9H2,1H3. The number of fused-ring (bicyclic) bond motifs is 2. The largest absolute Gasteiger partial charge is 0.573 e. The lowest BCUT2D eigenvalue weighted by Crippen LogP contribution is -2.46. The second kappa shape index (κ2) is 6.77. The minimum absolute atomic E-state index is 0.0210. The normalized spacial score (nSPS) is 25.8. The number of aryl methyl sites for hydroxylation is 1. The fraction of sp³-hybridized carbons (Fsp3) is 0.500. The molecule has 0 aliphatic carbocycles. The average molecular weight is 415 g/mol. The van der Waals surface area contributed by atoms with Gasteiger partial charge in [0.1, 0.15) is 5.75 Å². The van der Waals surface area contributed by atoms with Gasteiger partial charge in [-0.15, -0.1) is 13.2 Å². The molecule has 2 aliphatic heterocycles. The number of piperidine rings is 1. The Kier molecular flexibility index (Phi) is 4.65. The van der Waals surface area contributed by atoms with Gasteiger partial charge in [-0.25, -0.2) is 8.42 Å². The van der Waals surface area contributed by atoms with Crippen LogP contribution in [0.3, 0.4) is 0 Å². The van der Waals surface area contributed by atoms with Gasteiger partial charge >= 0.3 is 6.36 Å². The maximum absolute atomic E-state index is 13.1. The summed E-state index contributed by atoms with van der Waals surface area (Å²) in [4.78, 5) is -0.0210. The fourth-order valence-electron chi connectivity index (χ4n) is 4.28. The third-order valence-corrected chi connectivity index (χ3v) is 7.40. The average Bonchev–Trinajstić information content (AvgIpc) is 3.15. The minimum atomic E-state index is -4.81. The maximum Gasteiger partial charge on any atom is 0.573 e. The van der Waals surface area contributed by atoms with Crippen molar-refractivity contribution >= 4 is 10.0 Å². The highest BCUT2D eigenvalue weighted by Gasteiger charge is 2.47. The van der Waals surface area contributed by atoms with Crippen LogP contribution in [0.5, 0.6) is 5.75 Å². The molecule has 6 nitrogen and oxygen atoms in total. The van der Waals surface area contributed by atoms with Crippen molar-refractivity contribution in [2.24, 2.45) is 0 Å². The van der Waals surface area contributed by atoms with Gasteiger partial charge in [-0.2, -0.15) is 9.40 Å². The van der Waals surface area contributed by atoms with Gasteiger partial charge in [0.15, 0.2) is 0 Å². The highest BCUT2D eigenvalue weighted by molar-refractivity contribution is 7.89. The third-order valence-electron chi connectivity index (χ3n) is 5.38. The Hall–Kier alpha value is -2.07. The number of nitrogens with zero attached hydrogens (tertiary/aromatic N) is 3. The Morgan fingerprint density at radius 2 is 1.68 bits per heavy atom. The van der Waals surface area contributed by atoms with E-state index in [1.165, 1.54) is 12.1 Å². The van der Waals surface area contributed by atoms with Crippen LogP contribution in [0, 0.1) is 6.92 Å². The van der Waals surface area contributed by atoms with Gasteiger partial charge in [0.05, 0.1) is 17.1 Å². The van der Waals surface area contributed by atoms with Crippen LogP contribution in [0.2, 0.25) is 0 Å². The molecule has 0 saturated carbocycles. The second-order valence-corrected chi connectivity index (χ2v) is 9.21. The number of sulfonamides is 1. The van der Waals surface area contributed by atoms with Crippen LogP contribution in [0.25, 0.3) is 0 Å². The molecule has 2 bridgehead atoms. The molecule has 2 atom stereocenters. The summed E-state index contributed by atoms with van der Waals surface area (Å²) in [6.07, 6.45) is 1.83. The van der Waals surface area contributed by atoms with Crippen molar-refractivity contribution in [3.63, 3.8) is 0 Å². The van der Waals surface area contributed by atoms with Crippen molar-refractivity contribution in [2.75, 3.05) is 0 Å². The Balaban J connectivity index is 1.54. The predicted molar refractivity (Wildman–Crippen MR) is 94.2 cm³/mol. The summed E-state index contributed by atoms with van der Waals surface area (Å²) in [5, 5.41) is 4.36. The maximum atomic E-state index is 13.1. The van der Waals surface area contributed by atoms with Crippen molar-refractivity contribution < 1.29 is 26.3 Å². The zero-order valence-corrected chi connectivity index (χ0v) is 15.9. The van der Waals surface area contributed by atoms with E-state index >= 15 is 0 Å². The molecule has 2 aromatic rings. The summed E-state index contributed by atoms with van der Waals surface area (Å²) in [5.74, 6) is -0.442. The molecule has 152 valence electrons. The van der Waals surface area contributed by atoms with Crippen molar-refractivity contribution in [2.45, 2.75) is 62.0 Å². The van der Waals surface area contributed by atoms with Crippen LogP contribution in [0.4, 0.5) is 13.2 Å². The monoisotopic (exact) mass is 415 g/mol. The van der Waals surface area contributed by atoms with Gasteiger partial charge in [-0.05, 0) is 62.4 Å². The third kappa shape index (κ3) is 3.62. The molecule has 4 rings (SSSR count). The molecule has 2 fully saturated rings. The summed E-state index contributed by atoms with van der Waals surface area (Å²) >= 11 is 0. The number of ether oxygens (including phenoxy) is 1. The van der Waals surface area contributed by atoms with Crippen LogP contribution in [0.1, 0.15) is 37.3 Å². The number of rotatable bonds is 4. The van der Waals surface area contributed by atoms with E-state index < -0.39 is 22.1 Å². The van der Waals surface area contributed by atoms with E-state index in [4.69, 9.17) is 0 Å². The number of aromatic nitrogens is 2. The first-order valence-corrected chi connectivity index (χ1v) is 10.5. The lowest BCUT2D eigenvalue weighted by atomic mass is 10.00. The van der Waals surface area contributed by atoms with Crippen molar-refractivity contribution in [1.82, 2.24) is 14.1 Å². The Labute approximate surface area is 160 Å². The van der Waals surface area contributed by atoms with Crippen molar-refractivity contribution in [3.05, 3.63) is 42.2 Å². The van der Waals surface area contributed by atoms with E-state index in [0.29, 0.717) is 12.8 Å². The van der Waals surface area contributed by atoms with Crippen LogP contribution in [0.15, 0.2) is 41.6 Å². The Morgan fingerprint density at radius 3 is 2.18 bits per heavy atom. The number of halogens is 3. The van der Waals surface area contributed by atoms with Crippen LogP contribution < -0.4 is 4.74 Å². The van der Waals surface area contributed by atoms with E-state index in [-0.39, 0.29) is 23.0 Å². The molecule has 0 radical (unpaired) electrons. The first kappa shape index (κ1) is 19.3. The van der Waals surface area contributed by atoms with Crippen LogP contribution >= 0.6 is 0 Å². The highest BCUT2D eigenvalue weighted by atomic mass is 32.2. The molecular formula is C18H20F3N3O3S. The summed E-state index contributed by atoms with van der Waals surface area (Å²) < 4.78 is 70.4. The summed E-state index contributed by atoms with van der Waals surface area (Å²) in [6, 6.07) is 4.27. The topological polar surface area (TPSA) is 64.4 Å². The zero-order valence-electron chi connectivity index (χ0n) is 15.1. The van der Waals surface area contributed by atoms with E-state index in [1.807, 2.05) is 17.8 Å². The van der Waals surface area contributed by atoms with Crippen LogP contribution in [-0.2, 0) is 10.0 Å². The number of hydrogen-bond acceptors (Lipinski definition) is 4. The van der Waals surface area contributed by atoms with Crippen LogP contribution in [-0.4, -0.2) is 40.9 Å². The SMILES string of the molecule is Cc1cnn(C2CC3CCC(C2)N3S(=O)(=O)c2ccc(OC(F)(F)F)cc2)c1. The Bertz CT molecular complexity index is 942. The molecule has 1 aromatic heterocycles. The molecule has 0 N–H and O–H groups in total. The lowest BCUT2D eigenvalue weighted by Gasteiger charge is -2.38. The molecule has 3 heterocycles. The van der Waals surface area contributed by atoms with E-state index in [9.17, 15) is 21.6 Å². The predicted octanol–water partition coefficient (Wildman–Crippen LogP) is 3.65. The fourth-order valence-corrected chi connectivity index (χ4v) is 6.17. The molecule has 2 saturated heterocycles. The lowest BCUT2D eigenvalue weighted by molar-refractivity contribution is -0.274. The van der Waals surface area contributed by atoms with Gasteiger partial charge in [-0.1, -0.05) is 0 Å². The van der Waals surface area contributed by atoms with Crippen molar-refractivity contribution in [1.29, 1.82) is 0 Å². The number of alkyl halides is 3. The summed E-state index contributed by atoms with van der Waals surface area (Å²) in [7, 11) is -3.79. The van der Waals surface area contributed by atoms with Crippen molar-refractivity contribution in [3.8, 4) is 5.75 Å². The van der Waals surface area contributed by atoms with E-state index in [0.717, 1.165) is 30.5 Å². The minimum Gasteiger partial charge on any atom is -0.406 e.